The molecule has 3 nitrogen and oxygen atoms in total. The van der Waals surface area contributed by atoms with Crippen molar-refractivity contribution < 1.29 is 9.50 Å². The van der Waals surface area contributed by atoms with Gasteiger partial charge in [-0.15, -0.1) is 0 Å². The maximum absolute atomic E-state index is 12.9. The molecule has 2 aromatic rings. The van der Waals surface area contributed by atoms with Crippen molar-refractivity contribution in [2.45, 2.75) is 92.4 Å². The average molecular weight is 445 g/mol. The number of benzene rings is 1. The number of aryl methyl sites for hydroxylation is 1. The number of aliphatic hydroxyl groups excluding tert-OH is 1. The summed E-state index contributed by atoms with van der Waals surface area (Å²) >= 11 is 0. The van der Waals surface area contributed by atoms with Crippen molar-refractivity contribution in [3.63, 3.8) is 0 Å². The first-order chi connectivity index (χ1) is 15.4. The molecule has 0 fully saturated rings. The molecule has 0 aliphatic carbocycles. The maximum atomic E-state index is 12.9. The van der Waals surface area contributed by atoms with Crippen LogP contribution in [-0.2, 0) is 12.8 Å². The summed E-state index contributed by atoms with van der Waals surface area (Å²) in [6.07, 6.45) is 13.1. The van der Waals surface area contributed by atoms with Crippen LogP contribution in [0.4, 0.5) is 4.39 Å². The molecule has 1 N–H and O–H groups in total. The van der Waals surface area contributed by atoms with Gasteiger partial charge in [0.15, 0.2) is 0 Å². The quantitative estimate of drug-likeness (QED) is 0.377. The van der Waals surface area contributed by atoms with Gasteiger partial charge in [-0.25, -0.2) is 9.07 Å². The van der Waals surface area contributed by atoms with Gasteiger partial charge in [0.25, 0.3) is 0 Å². The lowest BCUT2D eigenvalue weighted by Crippen LogP contribution is -2.04. The highest BCUT2D eigenvalue weighted by molar-refractivity contribution is 5.47. The predicted octanol–water partition coefficient (Wildman–Crippen LogP) is 7.95. The Morgan fingerprint density at radius 1 is 1.09 bits per heavy atom. The zero-order valence-electron chi connectivity index (χ0n) is 21.2. The lowest BCUT2D eigenvalue weighted by atomic mass is 10.0. The standard InChI is InChI=1S/C14H22N2.C10H13F.C4H10O/c1-6-8-12(5)16-14(9-7-2)13(10-15-16)11(3)4;1-2-3-6-9-7-4-5-8-10(9)11;1-2-3-4-5/h6,8,10-11H,1,7,9H2,2-5H3;4-5,7-8H,2-3,6H2,1H3;5H,2-4H2,1H3/b12-8-;;. The van der Waals surface area contributed by atoms with Crippen LogP contribution in [0.3, 0.4) is 0 Å². The van der Waals surface area contributed by atoms with Crippen LogP contribution in [0.2, 0.25) is 0 Å². The second kappa shape index (κ2) is 18.4. The number of nitrogens with zero attached hydrogens (tertiary/aromatic N) is 2. The largest absolute Gasteiger partial charge is 0.396 e. The van der Waals surface area contributed by atoms with Gasteiger partial charge in [0.05, 0.1) is 6.20 Å². The molecular formula is C28H45FN2O. The van der Waals surface area contributed by atoms with E-state index in [9.17, 15) is 4.39 Å². The second-order valence-electron chi connectivity index (χ2n) is 8.18. The highest BCUT2D eigenvalue weighted by atomic mass is 19.1. The summed E-state index contributed by atoms with van der Waals surface area (Å²) in [5.74, 6) is 0.466. The van der Waals surface area contributed by atoms with Crippen LogP contribution in [0.15, 0.2) is 49.2 Å². The van der Waals surface area contributed by atoms with Crippen LogP contribution in [0.25, 0.3) is 5.70 Å². The smallest absolute Gasteiger partial charge is 0.126 e. The third-order valence-electron chi connectivity index (χ3n) is 4.97. The molecule has 1 aromatic heterocycles. The van der Waals surface area contributed by atoms with Crippen LogP contribution in [-0.4, -0.2) is 21.5 Å². The summed E-state index contributed by atoms with van der Waals surface area (Å²) in [5.41, 5.74) is 4.67. The number of unbranched alkanes of at least 4 members (excludes halogenated alkanes) is 2. The number of allylic oxidation sites excluding steroid dienone is 3. The van der Waals surface area contributed by atoms with Crippen LogP contribution < -0.4 is 0 Å². The molecule has 0 radical (unpaired) electrons. The van der Waals surface area contributed by atoms with Gasteiger partial charge < -0.3 is 5.11 Å². The van der Waals surface area contributed by atoms with Gasteiger partial charge in [0, 0.05) is 18.0 Å². The van der Waals surface area contributed by atoms with Crippen molar-refractivity contribution in [3.8, 4) is 0 Å². The van der Waals surface area contributed by atoms with E-state index in [1.807, 2.05) is 35.2 Å². The van der Waals surface area contributed by atoms with E-state index in [0.29, 0.717) is 12.5 Å². The van der Waals surface area contributed by atoms with Gasteiger partial charge >= 0.3 is 0 Å². The SMILES string of the molecule is C=C/C=C(/C)n1ncc(C(C)C)c1CCC.CCCCO.CCCCc1ccccc1F. The Bertz CT molecular complexity index is 775. The molecule has 0 aliphatic heterocycles. The molecule has 32 heavy (non-hydrogen) atoms. The van der Waals surface area contributed by atoms with Crippen molar-refractivity contribution in [3.05, 3.63) is 71.8 Å². The number of aromatic nitrogens is 2. The Labute approximate surface area is 196 Å². The van der Waals surface area contributed by atoms with E-state index in [1.54, 1.807) is 6.07 Å². The van der Waals surface area contributed by atoms with E-state index in [1.165, 1.54) is 17.3 Å². The summed E-state index contributed by atoms with van der Waals surface area (Å²) in [6.45, 7) is 16.9. The lowest BCUT2D eigenvalue weighted by Gasteiger charge is -2.10. The van der Waals surface area contributed by atoms with E-state index in [0.717, 1.165) is 56.2 Å². The monoisotopic (exact) mass is 444 g/mol. The van der Waals surface area contributed by atoms with Gasteiger partial charge in [0.2, 0.25) is 0 Å². The van der Waals surface area contributed by atoms with Crippen LogP contribution >= 0.6 is 0 Å². The number of aliphatic hydroxyl groups is 1. The minimum absolute atomic E-state index is 0.0686. The molecule has 0 bridgehead atoms. The lowest BCUT2D eigenvalue weighted by molar-refractivity contribution is 0.287. The van der Waals surface area contributed by atoms with Gasteiger partial charge in [-0.05, 0) is 61.8 Å². The third kappa shape index (κ3) is 11.4. The van der Waals surface area contributed by atoms with Crippen molar-refractivity contribution in [2.24, 2.45) is 0 Å². The molecule has 0 saturated heterocycles. The highest BCUT2D eigenvalue weighted by Gasteiger charge is 2.13. The third-order valence-corrected chi connectivity index (χ3v) is 4.97. The Kier molecular flexibility index (Phi) is 17.1. The average Bonchev–Trinajstić information content (AvgIpc) is 3.19. The molecule has 180 valence electrons. The summed E-state index contributed by atoms with van der Waals surface area (Å²) < 4.78 is 15.0. The van der Waals surface area contributed by atoms with E-state index in [2.05, 4.69) is 53.2 Å². The molecule has 0 saturated carbocycles. The Balaban J connectivity index is 0.000000518. The Morgan fingerprint density at radius 2 is 1.75 bits per heavy atom. The zero-order valence-corrected chi connectivity index (χ0v) is 21.2. The fourth-order valence-electron chi connectivity index (χ4n) is 3.13. The molecule has 0 atom stereocenters. The Hall–Kier alpha value is -2.20. The van der Waals surface area contributed by atoms with Gasteiger partial charge in [-0.3, -0.25) is 0 Å². The topological polar surface area (TPSA) is 38.0 Å². The predicted molar refractivity (Wildman–Crippen MR) is 137 cm³/mol. The second-order valence-corrected chi connectivity index (χ2v) is 8.18. The number of halogens is 1. The molecule has 2 rings (SSSR count). The zero-order chi connectivity index (χ0) is 24.4. The number of rotatable bonds is 10. The molecule has 0 spiro atoms. The normalized spacial score (nSPS) is 10.8. The molecule has 1 aromatic carbocycles. The summed E-state index contributed by atoms with van der Waals surface area (Å²) in [4.78, 5) is 0. The van der Waals surface area contributed by atoms with E-state index in [4.69, 9.17) is 5.11 Å². The van der Waals surface area contributed by atoms with Crippen LogP contribution in [0, 0.1) is 5.82 Å². The van der Waals surface area contributed by atoms with Gasteiger partial charge in [-0.1, -0.05) is 84.7 Å². The molecule has 0 aliphatic rings. The van der Waals surface area contributed by atoms with Gasteiger partial charge in [-0.2, -0.15) is 5.10 Å². The molecule has 4 heteroatoms. The minimum atomic E-state index is -0.0686. The first-order valence-electron chi connectivity index (χ1n) is 12.1. The van der Waals surface area contributed by atoms with Crippen molar-refractivity contribution in [1.29, 1.82) is 0 Å². The van der Waals surface area contributed by atoms with Crippen LogP contribution in [0.5, 0.6) is 0 Å². The van der Waals surface area contributed by atoms with Crippen molar-refractivity contribution in [2.75, 3.05) is 6.61 Å². The summed E-state index contributed by atoms with van der Waals surface area (Å²) in [7, 11) is 0. The summed E-state index contributed by atoms with van der Waals surface area (Å²) in [6, 6.07) is 6.98. The molecule has 0 unspecified atom stereocenters. The summed E-state index contributed by atoms with van der Waals surface area (Å²) in [5, 5.41) is 12.5. The number of hydrogen-bond acceptors (Lipinski definition) is 2. The van der Waals surface area contributed by atoms with E-state index in [-0.39, 0.29) is 5.82 Å². The number of hydrogen-bond donors (Lipinski definition) is 1. The fourth-order valence-corrected chi connectivity index (χ4v) is 3.13. The van der Waals surface area contributed by atoms with Crippen LogP contribution in [0.1, 0.15) is 96.4 Å². The van der Waals surface area contributed by atoms with E-state index >= 15 is 0 Å². The first-order valence-corrected chi connectivity index (χ1v) is 12.1. The van der Waals surface area contributed by atoms with E-state index < -0.39 is 0 Å². The molecule has 0 amide bonds. The fraction of sp³-hybridized carbons (Fsp3) is 0.536. The Morgan fingerprint density at radius 3 is 2.22 bits per heavy atom. The molecular weight excluding hydrogens is 399 g/mol. The van der Waals surface area contributed by atoms with Crippen molar-refractivity contribution >= 4 is 5.70 Å². The van der Waals surface area contributed by atoms with Crippen molar-refractivity contribution in [1.82, 2.24) is 9.78 Å². The van der Waals surface area contributed by atoms with Gasteiger partial charge in [0.1, 0.15) is 5.82 Å². The first kappa shape index (κ1) is 29.8. The molecule has 1 heterocycles. The highest BCUT2D eigenvalue weighted by Crippen LogP contribution is 2.22. The maximum Gasteiger partial charge on any atom is 0.126 e. The minimum Gasteiger partial charge on any atom is -0.396 e.